The van der Waals surface area contributed by atoms with Crippen LogP contribution < -0.4 is 5.32 Å². The van der Waals surface area contributed by atoms with E-state index in [4.69, 9.17) is 0 Å². The number of anilines is 1. The van der Waals surface area contributed by atoms with Gasteiger partial charge in [0.25, 0.3) is 5.91 Å². The van der Waals surface area contributed by atoms with Gasteiger partial charge in [-0.05, 0) is 44.2 Å². The summed E-state index contributed by atoms with van der Waals surface area (Å²) in [5, 5.41) is 7.31. The van der Waals surface area contributed by atoms with Gasteiger partial charge in [0.1, 0.15) is 5.56 Å². The molecule has 0 atom stereocenters. The molecule has 0 bridgehead atoms. The summed E-state index contributed by atoms with van der Waals surface area (Å²) in [6, 6.07) is 19.8. The van der Waals surface area contributed by atoms with Gasteiger partial charge in [-0.3, -0.25) is 4.79 Å². The highest BCUT2D eigenvalue weighted by molar-refractivity contribution is 7.99. The van der Waals surface area contributed by atoms with Gasteiger partial charge in [-0.2, -0.15) is 5.10 Å². The molecular weight excluding hydrogens is 356 g/mol. The maximum Gasteiger partial charge on any atom is 0.261 e. The molecule has 4 aromatic rings. The van der Waals surface area contributed by atoms with Crippen LogP contribution in [0.2, 0.25) is 0 Å². The minimum atomic E-state index is -0.219. The fraction of sp³-hybridized carbons (Fsp3) is 0.0952. The Morgan fingerprint density at radius 3 is 2.59 bits per heavy atom. The number of hydrogen-bond acceptors (Lipinski definition) is 4. The number of fused-ring (bicyclic) bond motifs is 1. The Balaban J connectivity index is 1.64. The Hall–Kier alpha value is -3.12. The second-order valence-corrected chi connectivity index (χ2v) is 7.31. The normalized spacial score (nSPS) is 10.9. The molecule has 0 fully saturated rings. The second kappa shape index (κ2) is 7.25. The molecular formula is C21H18N4OS. The van der Waals surface area contributed by atoms with Gasteiger partial charge in [-0.1, -0.05) is 42.1 Å². The van der Waals surface area contributed by atoms with E-state index in [1.54, 1.807) is 22.5 Å². The Morgan fingerprint density at radius 1 is 1.04 bits per heavy atom. The molecule has 27 heavy (non-hydrogen) atoms. The predicted molar refractivity (Wildman–Crippen MR) is 107 cm³/mol. The van der Waals surface area contributed by atoms with Gasteiger partial charge in [0.15, 0.2) is 5.65 Å². The van der Waals surface area contributed by atoms with Crippen LogP contribution in [0.5, 0.6) is 0 Å². The molecule has 134 valence electrons. The molecule has 1 amide bonds. The molecule has 0 aliphatic rings. The number of carbonyl (C=O) groups is 1. The van der Waals surface area contributed by atoms with E-state index in [1.165, 1.54) is 0 Å². The van der Waals surface area contributed by atoms with Crippen LogP contribution in [0.1, 0.15) is 21.7 Å². The van der Waals surface area contributed by atoms with Crippen molar-refractivity contribution in [2.45, 2.75) is 23.6 Å². The maximum absolute atomic E-state index is 12.9. The molecule has 6 heteroatoms. The number of aryl methyl sites for hydroxylation is 2. The van der Waals surface area contributed by atoms with Crippen molar-refractivity contribution < 1.29 is 4.79 Å². The van der Waals surface area contributed by atoms with Crippen molar-refractivity contribution in [1.82, 2.24) is 14.6 Å². The molecule has 5 nitrogen and oxygen atoms in total. The Bertz CT molecular complexity index is 1120. The number of rotatable bonds is 4. The SMILES string of the molecule is Cc1cc(C)n2ncc(C(=O)Nc3ccccc3Sc3ccccc3)c2n1. The molecule has 0 aliphatic carbocycles. The average molecular weight is 374 g/mol. The lowest BCUT2D eigenvalue weighted by Gasteiger charge is -2.10. The fourth-order valence-electron chi connectivity index (χ4n) is 2.89. The van der Waals surface area contributed by atoms with Gasteiger partial charge in [0, 0.05) is 21.2 Å². The lowest BCUT2D eigenvalue weighted by atomic mass is 10.2. The molecule has 2 aromatic heterocycles. The van der Waals surface area contributed by atoms with Crippen LogP contribution in [0.15, 0.2) is 76.7 Å². The van der Waals surface area contributed by atoms with E-state index in [0.29, 0.717) is 11.2 Å². The van der Waals surface area contributed by atoms with Crippen LogP contribution in [0.3, 0.4) is 0 Å². The zero-order valence-electron chi connectivity index (χ0n) is 15.0. The molecule has 0 radical (unpaired) electrons. The fourth-order valence-corrected chi connectivity index (χ4v) is 3.82. The molecule has 0 saturated heterocycles. The third-order valence-electron chi connectivity index (χ3n) is 4.13. The number of nitrogens with zero attached hydrogens (tertiary/aromatic N) is 3. The van der Waals surface area contributed by atoms with E-state index in [2.05, 4.69) is 15.4 Å². The number of benzene rings is 2. The summed E-state index contributed by atoms with van der Waals surface area (Å²) < 4.78 is 1.69. The Morgan fingerprint density at radius 2 is 1.78 bits per heavy atom. The lowest BCUT2D eigenvalue weighted by Crippen LogP contribution is -2.13. The van der Waals surface area contributed by atoms with E-state index in [9.17, 15) is 4.79 Å². The quantitative estimate of drug-likeness (QED) is 0.560. The second-order valence-electron chi connectivity index (χ2n) is 6.20. The van der Waals surface area contributed by atoms with Crippen molar-refractivity contribution in [3.05, 3.63) is 83.8 Å². The number of aromatic nitrogens is 3. The molecule has 0 unspecified atom stereocenters. The molecule has 1 N–H and O–H groups in total. The van der Waals surface area contributed by atoms with Crippen LogP contribution in [0.25, 0.3) is 5.65 Å². The van der Waals surface area contributed by atoms with E-state index >= 15 is 0 Å². The van der Waals surface area contributed by atoms with Crippen molar-refractivity contribution >= 4 is 29.0 Å². The summed E-state index contributed by atoms with van der Waals surface area (Å²) in [5.74, 6) is -0.219. The number of hydrogen-bond donors (Lipinski definition) is 1. The van der Waals surface area contributed by atoms with Crippen LogP contribution in [-0.2, 0) is 0 Å². The molecule has 0 saturated carbocycles. The van der Waals surface area contributed by atoms with Crippen molar-refractivity contribution in [3.63, 3.8) is 0 Å². The third-order valence-corrected chi connectivity index (χ3v) is 5.21. The minimum Gasteiger partial charge on any atom is -0.321 e. The molecule has 0 spiro atoms. The molecule has 2 heterocycles. The van der Waals surface area contributed by atoms with Gasteiger partial charge in [0.2, 0.25) is 0 Å². The first-order valence-corrected chi connectivity index (χ1v) is 9.39. The Kier molecular flexibility index (Phi) is 4.64. The summed E-state index contributed by atoms with van der Waals surface area (Å²) in [6.07, 6.45) is 1.57. The van der Waals surface area contributed by atoms with Crippen molar-refractivity contribution in [3.8, 4) is 0 Å². The minimum absolute atomic E-state index is 0.219. The van der Waals surface area contributed by atoms with Crippen molar-refractivity contribution in [2.75, 3.05) is 5.32 Å². The predicted octanol–water partition coefficient (Wildman–Crippen LogP) is 4.75. The smallest absolute Gasteiger partial charge is 0.261 e. The van der Waals surface area contributed by atoms with Gasteiger partial charge in [0.05, 0.1) is 11.9 Å². The lowest BCUT2D eigenvalue weighted by molar-refractivity contribution is 0.102. The van der Waals surface area contributed by atoms with E-state index in [0.717, 1.165) is 26.9 Å². The number of nitrogens with one attached hydrogen (secondary N) is 1. The van der Waals surface area contributed by atoms with Crippen LogP contribution >= 0.6 is 11.8 Å². The number of amides is 1. The van der Waals surface area contributed by atoms with E-state index in [-0.39, 0.29) is 5.91 Å². The van der Waals surface area contributed by atoms with Crippen LogP contribution in [0, 0.1) is 13.8 Å². The van der Waals surface area contributed by atoms with Crippen LogP contribution in [-0.4, -0.2) is 20.5 Å². The van der Waals surface area contributed by atoms with Crippen molar-refractivity contribution in [1.29, 1.82) is 0 Å². The number of carbonyl (C=O) groups excluding carboxylic acids is 1. The largest absolute Gasteiger partial charge is 0.321 e. The summed E-state index contributed by atoms with van der Waals surface area (Å²) in [6.45, 7) is 3.86. The topological polar surface area (TPSA) is 59.3 Å². The highest BCUT2D eigenvalue weighted by Gasteiger charge is 2.17. The van der Waals surface area contributed by atoms with Gasteiger partial charge in [-0.15, -0.1) is 0 Å². The van der Waals surface area contributed by atoms with E-state index in [1.807, 2.05) is 74.5 Å². The highest BCUT2D eigenvalue weighted by atomic mass is 32.2. The first-order chi connectivity index (χ1) is 13.1. The van der Waals surface area contributed by atoms with Gasteiger partial charge < -0.3 is 5.32 Å². The number of para-hydroxylation sites is 1. The molecule has 0 aliphatic heterocycles. The summed E-state index contributed by atoms with van der Waals surface area (Å²) >= 11 is 1.61. The highest BCUT2D eigenvalue weighted by Crippen LogP contribution is 2.33. The summed E-state index contributed by atoms with van der Waals surface area (Å²) in [4.78, 5) is 19.5. The van der Waals surface area contributed by atoms with E-state index < -0.39 is 0 Å². The Labute approximate surface area is 161 Å². The third kappa shape index (κ3) is 3.57. The van der Waals surface area contributed by atoms with Gasteiger partial charge in [-0.25, -0.2) is 9.50 Å². The zero-order chi connectivity index (χ0) is 18.8. The molecule has 2 aromatic carbocycles. The van der Waals surface area contributed by atoms with Crippen molar-refractivity contribution in [2.24, 2.45) is 0 Å². The summed E-state index contributed by atoms with van der Waals surface area (Å²) in [5.41, 5.74) is 3.59. The zero-order valence-corrected chi connectivity index (χ0v) is 15.8. The van der Waals surface area contributed by atoms with Crippen LogP contribution in [0.4, 0.5) is 5.69 Å². The standard InChI is InChI=1S/C21H18N4OS/c1-14-12-15(2)25-20(23-14)17(13-22-25)21(26)24-18-10-6-7-11-19(18)27-16-8-4-3-5-9-16/h3-13H,1-2H3,(H,24,26). The maximum atomic E-state index is 12.9. The average Bonchev–Trinajstić information content (AvgIpc) is 3.08. The molecule has 4 rings (SSSR count). The first kappa shape index (κ1) is 17.3. The monoisotopic (exact) mass is 374 g/mol. The summed E-state index contributed by atoms with van der Waals surface area (Å²) in [7, 11) is 0. The first-order valence-electron chi connectivity index (χ1n) is 8.57. The van der Waals surface area contributed by atoms with Gasteiger partial charge >= 0.3 is 0 Å².